The van der Waals surface area contributed by atoms with Crippen LogP contribution in [-0.2, 0) is 23.3 Å². The van der Waals surface area contributed by atoms with Gasteiger partial charge in [-0.15, -0.1) is 0 Å². The summed E-state index contributed by atoms with van der Waals surface area (Å²) >= 11 is 0. The Balaban J connectivity index is 3.32. The highest BCUT2D eigenvalue weighted by atomic mass is 31.2. The number of phosphoric ester groups is 1. The monoisotopic (exact) mass is 244 g/mol. The summed E-state index contributed by atoms with van der Waals surface area (Å²) in [6.07, 6.45) is -0.961. The Labute approximate surface area is 88.5 Å². The van der Waals surface area contributed by atoms with Gasteiger partial charge < -0.3 is 24.0 Å². The SMILES string of the molecule is COCCOCCOC(C)OP(=O)(O)O. The molecule has 0 rings (SSSR count). The van der Waals surface area contributed by atoms with E-state index in [0.29, 0.717) is 19.8 Å². The molecule has 0 aliphatic rings. The second-order valence-electron chi connectivity index (χ2n) is 2.64. The molecule has 92 valence electrons. The lowest BCUT2D eigenvalue weighted by atomic mass is 10.7. The molecular weight excluding hydrogens is 227 g/mol. The first-order valence-electron chi connectivity index (χ1n) is 4.38. The molecule has 1 atom stereocenters. The fraction of sp³-hybridized carbons (Fsp3) is 1.00. The molecule has 0 fully saturated rings. The lowest BCUT2D eigenvalue weighted by molar-refractivity contribution is -0.0953. The predicted octanol–water partition coefficient (Wildman–Crippen LogP) is 0.121. The van der Waals surface area contributed by atoms with Crippen LogP contribution in [0, 0.1) is 0 Å². The number of ether oxygens (including phenoxy) is 3. The van der Waals surface area contributed by atoms with Gasteiger partial charge in [-0.05, 0) is 6.92 Å². The third kappa shape index (κ3) is 11.9. The number of rotatable bonds is 9. The number of phosphoric acid groups is 1. The second-order valence-corrected chi connectivity index (χ2v) is 3.83. The zero-order valence-electron chi connectivity index (χ0n) is 8.79. The number of hydrogen-bond acceptors (Lipinski definition) is 5. The Morgan fingerprint density at radius 3 is 2.33 bits per heavy atom. The van der Waals surface area contributed by atoms with Crippen molar-refractivity contribution in [2.24, 2.45) is 0 Å². The van der Waals surface area contributed by atoms with E-state index in [2.05, 4.69) is 4.52 Å². The maximum Gasteiger partial charge on any atom is 0.471 e. The van der Waals surface area contributed by atoms with Gasteiger partial charge in [-0.3, -0.25) is 4.52 Å². The minimum Gasteiger partial charge on any atom is -0.382 e. The minimum absolute atomic E-state index is 0.199. The quantitative estimate of drug-likeness (QED) is 0.338. The molecule has 1 unspecified atom stereocenters. The van der Waals surface area contributed by atoms with Crippen LogP contribution < -0.4 is 0 Å². The molecule has 0 aliphatic heterocycles. The minimum atomic E-state index is -4.47. The highest BCUT2D eigenvalue weighted by Crippen LogP contribution is 2.37. The molecule has 15 heavy (non-hydrogen) atoms. The van der Waals surface area contributed by atoms with Gasteiger partial charge >= 0.3 is 7.82 Å². The van der Waals surface area contributed by atoms with E-state index >= 15 is 0 Å². The Morgan fingerprint density at radius 1 is 1.20 bits per heavy atom. The highest BCUT2D eigenvalue weighted by Gasteiger charge is 2.18. The molecular formula is C7H17O7P. The zero-order chi connectivity index (χ0) is 11.7. The van der Waals surface area contributed by atoms with Gasteiger partial charge in [0.25, 0.3) is 0 Å². The van der Waals surface area contributed by atoms with E-state index in [1.807, 2.05) is 0 Å². The van der Waals surface area contributed by atoms with Crippen LogP contribution in [0.4, 0.5) is 0 Å². The molecule has 0 radical (unpaired) electrons. The van der Waals surface area contributed by atoms with Crippen LogP contribution in [0.25, 0.3) is 0 Å². The summed E-state index contributed by atoms with van der Waals surface area (Å²) in [7, 11) is -2.91. The van der Waals surface area contributed by atoms with Gasteiger partial charge in [0.1, 0.15) is 0 Å². The van der Waals surface area contributed by atoms with Crippen molar-refractivity contribution in [2.45, 2.75) is 13.2 Å². The smallest absolute Gasteiger partial charge is 0.382 e. The van der Waals surface area contributed by atoms with Crippen molar-refractivity contribution in [1.29, 1.82) is 0 Å². The van der Waals surface area contributed by atoms with E-state index in [9.17, 15) is 4.57 Å². The molecule has 8 heteroatoms. The summed E-state index contributed by atoms with van der Waals surface area (Å²) in [5.41, 5.74) is 0. The van der Waals surface area contributed by atoms with Crippen molar-refractivity contribution in [1.82, 2.24) is 0 Å². The van der Waals surface area contributed by atoms with Gasteiger partial charge in [0.05, 0.1) is 26.4 Å². The molecule has 0 aromatic carbocycles. The molecule has 0 amide bonds. The summed E-state index contributed by atoms with van der Waals surface area (Å²) in [5.74, 6) is 0. The molecule has 0 aliphatic carbocycles. The molecule has 0 bridgehead atoms. The zero-order valence-corrected chi connectivity index (χ0v) is 9.68. The second kappa shape index (κ2) is 8.18. The van der Waals surface area contributed by atoms with Crippen molar-refractivity contribution in [2.75, 3.05) is 33.5 Å². The van der Waals surface area contributed by atoms with E-state index in [4.69, 9.17) is 24.0 Å². The topological polar surface area (TPSA) is 94.5 Å². The van der Waals surface area contributed by atoms with Crippen molar-refractivity contribution < 1.29 is 33.1 Å². The molecule has 0 heterocycles. The summed E-state index contributed by atoms with van der Waals surface area (Å²) in [5, 5.41) is 0. The van der Waals surface area contributed by atoms with Crippen molar-refractivity contribution >= 4 is 7.82 Å². The van der Waals surface area contributed by atoms with E-state index < -0.39 is 14.1 Å². The molecule has 0 aromatic heterocycles. The van der Waals surface area contributed by atoms with E-state index in [1.54, 1.807) is 7.11 Å². The van der Waals surface area contributed by atoms with Gasteiger partial charge in [-0.25, -0.2) is 4.57 Å². The van der Waals surface area contributed by atoms with Crippen LogP contribution in [0.5, 0.6) is 0 Å². The maximum absolute atomic E-state index is 10.4. The first kappa shape index (κ1) is 15.0. The Bertz CT molecular complexity index is 192. The van der Waals surface area contributed by atoms with Crippen LogP contribution in [0.1, 0.15) is 6.92 Å². The normalized spacial score (nSPS) is 14.1. The van der Waals surface area contributed by atoms with Gasteiger partial charge in [0.2, 0.25) is 0 Å². The van der Waals surface area contributed by atoms with E-state index in [-0.39, 0.29) is 6.61 Å². The molecule has 2 N–H and O–H groups in total. The summed E-state index contributed by atoms with van der Waals surface area (Å²) in [6.45, 7) is 2.86. The molecule has 0 aromatic rings. The van der Waals surface area contributed by atoms with Crippen LogP contribution in [0.2, 0.25) is 0 Å². The van der Waals surface area contributed by atoms with E-state index in [0.717, 1.165) is 0 Å². The van der Waals surface area contributed by atoms with Gasteiger partial charge in [-0.2, -0.15) is 0 Å². The molecule has 0 spiro atoms. The van der Waals surface area contributed by atoms with Crippen LogP contribution >= 0.6 is 7.82 Å². The number of hydrogen-bond donors (Lipinski definition) is 2. The first-order valence-corrected chi connectivity index (χ1v) is 5.91. The average Bonchev–Trinajstić information content (AvgIpc) is 2.08. The first-order chi connectivity index (χ1) is 6.95. The molecule has 0 saturated carbocycles. The standard InChI is InChI=1S/C7H17O7P/c1-7(14-15(8,9)10)13-6-5-12-4-3-11-2/h7H,3-6H2,1-2H3,(H2,8,9,10). The summed E-state index contributed by atoms with van der Waals surface area (Å²) < 4.78 is 29.3. The van der Waals surface area contributed by atoms with Crippen LogP contribution in [0.3, 0.4) is 0 Å². The van der Waals surface area contributed by atoms with Gasteiger partial charge in [-0.1, -0.05) is 0 Å². The van der Waals surface area contributed by atoms with Gasteiger partial charge in [0.15, 0.2) is 6.29 Å². The van der Waals surface area contributed by atoms with Crippen molar-refractivity contribution in [3.63, 3.8) is 0 Å². The predicted molar refractivity (Wildman–Crippen MR) is 51.2 cm³/mol. The highest BCUT2D eigenvalue weighted by molar-refractivity contribution is 7.46. The average molecular weight is 244 g/mol. The molecule has 7 nitrogen and oxygen atoms in total. The Kier molecular flexibility index (Phi) is 8.17. The van der Waals surface area contributed by atoms with Crippen LogP contribution in [-0.4, -0.2) is 49.6 Å². The molecule has 0 saturated heterocycles. The Hall–Kier alpha value is -0.0100. The maximum atomic E-state index is 10.4. The lowest BCUT2D eigenvalue weighted by Gasteiger charge is -2.14. The van der Waals surface area contributed by atoms with Crippen molar-refractivity contribution in [3.8, 4) is 0 Å². The lowest BCUT2D eigenvalue weighted by Crippen LogP contribution is -2.16. The fourth-order valence-electron chi connectivity index (χ4n) is 0.741. The largest absolute Gasteiger partial charge is 0.471 e. The summed E-state index contributed by atoms with van der Waals surface area (Å²) in [4.78, 5) is 16.8. The van der Waals surface area contributed by atoms with Crippen LogP contribution in [0.15, 0.2) is 0 Å². The third-order valence-electron chi connectivity index (χ3n) is 1.30. The third-order valence-corrected chi connectivity index (χ3v) is 1.87. The van der Waals surface area contributed by atoms with Crippen molar-refractivity contribution in [3.05, 3.63) is 0 Å². The fourth-order valence-corrected chi connectivity index (χ4v) is 1.19. The Morgan fingerprint density at radius 2 is 1.80 bits per heavy atom. The summed E-state index contributed by atoms with van der Waals surface area (Å²) in [6, 6.07) is 0. The number of methoxy groups -OCH3 is 1. The van der Waals surface area contributed by atoms with E-state index in [1.165, 1.54) is 6.92 Å². The van der Waals surface area contributed by atoms with Gasteiger partial charge in [0, 0.05) is 7.11 Å².